The second kappa shape index (κ2) is 8.24. The van der Waals surface area contributed by atoms with Gasteiger partial charge in [-0.2, -0.15) is 5.10 Å². The Bertz CT molecular complexity index is 901. The molecule has 8 nitrogen and oxygen atoms in total. The summed E-state index contributed by atoms with van der Waals surface area (Å²) in [5.41, 5.74) is 1.67. The van der Waals surface area contributed by atoms with E-state index in [2.05, 4.69) is 25.0 Å². The fourth-order valence-electron chi connectivity index (χ4n) is 3.24. The molecule has 0 aliphatic carbocycles. The zero-order valence-corrected chi connectivity index (χ0v) is 15.1. The first-order chi connectivity index (χ1) is 13.3. The summed E-state index contributed by atoms with van der Waals surface area (Å²) >= 11 is 0. The molecular weight excluding hydrogens is 344 g/mol. The van der Waals surface area contributed by atoms with Gasteiger partial charge in [-0.15, -0.1) is 0 Å². The maximum Gasteiger partial charge on any atom is 0.266 e. The van der Waals surface area contributed by atoms with Gasteiger partial charge in [-0.25, -0.2) is 4.68 Å². The van der Waals surface area contributed by atoms with Crippen molar-refractivity contribution in [3.05, 3.63) is 65.0 Å². The smallest absolute Gasteiger partial charge is 0.266 e. The van der Waals surface area contributed by atoms with Gasteiger partial charge in [0.25, 0.3) is 5.56 Å². The van der Waals surface area contributed by atoms with Gasteiger partial charge in [0.05, 0.1) is 25.0 Å². The molecule has 0 bridgehead atoms. The van der Waals surface area contributed by atoms with Crippen LogP contribution in [0.4, 0.5) is 0 Å². The van der Waals surface area contributed by atoms with Gasteiger partial charge in [0.1, 0.15) is 0 Å². The van der Waals surface area contributed by atoms with Crippen LogP contribution >= 0.6 is 0 Å². The van der Waals surface area contributed by atoms with Crippen molar-refractivity contribution in [3.63, 3.8) is 0 Å². The Morgan fingerprint density at radius 3 is 2.41 bits per heavy atom. The largest absolute Gasteiger partial charge is 0.360 e. The molecule has 1 fully saturated rings. The third kappa shape index (κ3) is 4.47. The lowest BCUT2D eigenvalue weighted by atomic mass is 10.2. The summed E-state index contributed by atoms with van der Waals surface area (Å²) in [4.78, 5) is 20.9. The second-order valence-corrected chi connectivity index (χ2v) is 6.61. The Balaban J connectivity index is 1.32. The lowest BCUT2D eigenvalue weighted by Crippen LogP contribution is -2.47. The van der Waals surface area contributed by atoms with Gasteiger partial charge in [-0.1, -0.05) is 5.16 Å². The summed E-state index contributed by atoms with van der Waals surface area (Å²) in [7, 11) is 0. The molecule has 0 aromatic carbocycles. The number of rotatable bonds is 6. The molecule has 0 amide bonds. The molecule has 0 atom stereocenters. The summed E-state index contributed by atoms with van der Waals surface area (Å²) in [6.45, 7) is 6.06. The van der Waals surface area contributed by atoms with E-state index < -0.39 is 0 Å². The topological polar surface area (TPSA) is 80.3 Å². The first-order valence-corrected chi connectivity index (χ1v) is 9.11. The van der Waals surface area contributed by atoms with E-state index >= 15 is 0 Å². The lowest BCUT2D eigenvalue weighted by Gasteiger charge is -2.34. The highest BCUT2D eigenvalue weighted by molar-refractivity contribution is 5.56. The number of piperazine rings is 1. The van der Waals surface area contributed by atoms with Crippen molar-refractivity contribution in [2.45, 2.75) is 13.1 Å². The fourth-order valence-corrected chi connectivity index (χ4v) is 3.24. The molecule has 0 N–H and O–H groups in total. The number of hydrogen-bond donors (Lipinski definition) is 0. The minimum absolute atomic E-state index is 0.0724. The van der Waals surface area contributed by atoms with E-state index in [0.717, 1.165) is 56.3 Å². The SMILES string of the molecule is O=c1ccc(-c2ccncc2)nn1CCN1CCN(Cc2ccno2)CC1. The summed E-state index contributed by atoms with van der Waals surface area (Å²) in [6, 6.07) is 9.03. The number of nitrogens with zero attached hydrogens (tertiary/aromatic N) is 6. The monoisotopic (exact) mass is 366 g/mol. The van der Waals surface area contributed by atoms with Crippen molar-refractivity contribution in [3.8, 4) is 11.3 Å². The molecule has 4 heterocycles. The first-order valence-electron chi connectivity index (χ1n) is 9.11. The molecule has 1 aliphatic heterocycles. The van der Waals surface area contributed by atoms with Crippen LogP contribution in [0.5, 0.6) is 0 Å². The number of pyridine rings is 1. The highest BCUT2D eigenvalue weighted by Crippen LogP contribution is 2.13. The molecule has 140 valence electrons. The van der Waals surface area contributed by atoms with E-state index in [4.69, 9.17) is 4.52 Å². The van der Waals surface area contributed by atoms with Crippen LogP contribution in [-0.2, 0) is 13.1 Å². The molecular formula is C19H22N6O2. The van der Waals surface area contributed by atoms with Crippen molar-refractivity contribution in [2.75, 3.05) is 32.7 Å². The van der Waals surface area contributed by atoms with Crippen molar-refractivity contribution < 1.29 is 4.52 Å². The van der Waals surface area contributed by atoms with Crippen LogP contribution in [-0.4, -0.2) is 62.4 Å². The summed E-state index contributed by atoms with van der Waals surface area (Å²) in [5.74, 6) is 0.895. The van der Waals surface area contributed by atoms with E-state index in [0.29, 0.717) is 6.54 Å². The molecule has 3 aromatic heterocycles. The van der Waals surface area contributed by atoms with Gasteiger partial charge < -0.3 is 4.52 Å². The highest BCUT2D eigenvalue weighted by atomic mass is 16.5. The molecule has 1 aliphatic rings. The van der Waals surface area contributed by atoms with Crippen LogP contribution in [0, 0.1) is 0 Å². The molecule has 0 saturated carbocycles. The van der Waals surface area contributed by atoms with Crippen LogP contribution in [0.15, 0.2) is 58.2 Å². The minimum atomic E-state index is -0.0724. The van der Waals surface area contributed by atoms with Gasteiger partial charge in [0, 0.05) is 62.8 Å². The first kappa shape index (κ1) is 17.6. The van der Waals surface area contributed by atoms with Crippen molar-refractivity contribution in [1.82, 2.24) is 29.7 Å². The van der Waals surface area contributed by atoms with Gasteiger partial charge in [0.15, 0.2) is 5.76 Å². The average Bonchev–Trinajstić information content (AvgIpc) is 3.22. The summed E-state index contributed by atoms with van der Waals surface area (Å²) in [6.07, 6.45) is 5.13. The third-order valence-corrected chi connectivity index (χ3v) is 4.81. The average molecular weight is 366 g/mol. The predicted molar refractivity (Wildman–Crippen MR) is 99.9 cm³/mol. The molecule has 4 rings (SSSR count). The minimum Gasteiger partial charge on any atom is -0.360 e. The van der Waals surface area contributed by atoms with Gasteiger partial charge in [-0.3, -0.25) is 19.6 Å². The molecule has 0 radical (unpaired) electrons. The molecule has 3 aromatic rings. The Labute approximate surface area is 157 Å². The van der Waals surface area contributed by atoms with Crippen molar-refractivity contribution in [1.29, 1.82) is 0 Å². The Hall–Kier alpha value is -2.84. The predicted octanol–water partition coefficient (Wildman–Crippen LogP) is 1.11. The summed E-state index contributed by atoms with van der Waals surface area (Å²) in [5, 5.41) is 8.26. The van der Waals surface area contributed by atoms with Crippen LogP contribution in [0.2, 0.25) is 0 Å². The van der Waals surface area contributed by atoms with E-state index in [-0.39, 0.29) is 5.56 Å². The zero-order valence-electron chi connectivity index (χ0n) is 15.1. The van der Waals surface area contributed by atoms with E-state index in [9.17, 15) is 4.79 Å². The molecule has 1 saturated heterocycles. The van der Waals surface area contributed by atoms with Crippen LogP contribution < -0.4 is 5.56 Å². The maximum atomic E-state index is 12.2. The van der Waals surface area contributed by atoms with Crippen molar-refractivity contribution >= 4 is 0 Å². The number of aromatic nitrogens is 4. The Morgan fingerprint density at radius 1 is 0.889 bits per heavy atom. The highest BCUT2D eigenvalue weighted by Gasteiger charge is 2.18. The Morgan fingerprint density at radius 2 is 1.67 bits per heavy atom. The fraction of sp³-hybridized carbons (Fsp3) is 0.368. The lowest BCUT2D eigenvalue weighted by molar-refractivity contribution is 0.114. The third-order valence-electron chi connectivity index (χ3n) is 4.81. The summed E-state index contributed by atoms with van der Waals surface area (Å²) < 4.78 is 6.73. The van der Waals surface area contributed by atoms with E-state index in [1.807, 2.05) is 18.2 Å². The van der Waals surface area contributed by atoms with Gasteiger partial charge in [-0.05, 0) is 18.2 Å². The maximum absolute atomic E-state index is 12.2. The zero-order chi connectivity index (χ0) is 18.5. The standard InChI is InChI=1S/C19H22N6O2/c26-19-2-1-18(16-3-6-20-7-4-16)22-25(19)14-13-23-9-11-24(12-10-23)15-17-5-8-21-27-17/h1-8H,9-15H2. The second-order valence-electron chi connectivity index (χ2n) is 6.61. The van der Waals surface area contributed by atoms with Crippen LogP contribution in [0.25, 0.3) is 11.3 Å². The van der Waals surface area contributed by atoms with Crippen LogP contribution in [0.1, 0.15) is 5.76 Å². The normalized spacial score (nSPS) is 15.9. The number of hydrogen-bond acceptors (Lipinski definition) is 7. The molecule has 8 heteroatoms. The van der Waals surface area contributed by atoms with Crippen molar-refractivity contribution in [2.24, 2.45) is 0 Å². The van der Waals surface area contributed by atoms with E-state index in [1.165, 1.54) is 0 Å². The Kier molecular flexibility index (Phi) is 5.36. The molecule has 0 spiro atoms. The quantitative estimate of drug-likeness (QED) is 0.646. The van der Waals surface area contributed by atoms with Gasteiger partial charge >= 0.3 is 0 Å². The molecule has 0 unspecified atom stereocenters. The van der Waals surface area contributed by atoms with Gasteiger partial charge in [0.2, 0.25) is 0 Å². The molecule has 27 heavy (non-hydrogen) atoms. The van der Waals surface area contributed by atoms with E-state index in [1.54, 1.807) is 35.4 Å². The van der Waals surface area contributed by atoms with Crippen LogP contribution in [0.3, 0.4) is 0 Å².